The van der Waals surface area contributed by atoms with Crippen molar-refractivity contribution in [1.29, 1.82) is 0 Å². The molecule has 0 aliphatic carbocycles. The van der Waals surface area contributed by atoms with Gasteiger partial charge in [0.25, 0.3) is 0 Å². The maximum absolute atomic E-state index is 12.2. The number of aliphatic carboxylic acids is 1. The zero-order valence-electron chi connectivity index (χ0n) is 13.4. The van der Waals surface area contributed by atoms with Gasteiger partial charge in [-0.15, -0.1) is 0 Å². The molecule has 1 fully saturated rings. The molecule has 0 spiro atoms. The van der Waals surface area contributed by atoms with Gasteiger partial charge in [-0.05, 0) is 18.6 Å². The molecule has 0 aromatic carbocycles. The van der Waals surface area contributed by atoms with Crippen LogP contribution >= 0.6 is 0 Å². The predicted octanol–water partition coefficient (Wildman–Crippen LogP) is 0.501. The van der Waals surface area contributed by atoms with Crippen LogP contribution in [0, 0.1) is 0 Å². The summed E-state index contributed by atoms with van der Waals surface area (Å²) >= 11 is 0. The maximum Gasteiger partial charge on any atom is 0.326 e. The summed E-state index contributed by atoms with van der Waals surface area (Å²) in [7, 11) is 0. The Kier molecular flexibility index (Phi) is 5.03. The van der Waals surface area contributed by atoms with Crippen LogP contribution in [0.3, 0.4) is 0 Å². The predicted molar refractivity (Wildman–Crippen MR) is 84.2 cm³/mol. The fourth-order valence-corrected chi connectivity index (χ4v) is 2.83. The van der Waals surface area contributed by atoms with Crippen molar-refractivity contribution in [1.82, 2.24) is 20.0 Å². The number of aromatic nitrogens is 3. The van der Waals surface area contributed by atoms with E-state index < -0.39 is 18.1 Å². The highest BCUT2D eigenvalue weighted by atomic mass is 16.5. The zero-order chi connectivity index (χ0) is 17.8. The summed E-state index contributed by atoms with van der Waals surface area (Å²) in [6.07, 6.45) is 3.57. The molecule has 0 bridgehead atoms. The summed E-state index contributed by atoms with van der Waals surface area (Å²) in [5, 5.41) is 22.6. The second-order valence-electron chi connectivity index (χ2n) is 5.90. The number of aliphatic hydroxyl groups excluding tert-OH is 1. The molecule has 2 aromatic heterocycles. The lowest BCUT2D eigenvalue weighted by molar-refractivity contribution is -0.148. The summed E-state index contributed by atoms with van der Waals surface area (Å²) in [5.41, 5.74) is 0.740. The van der Waals surface area contributed by atoms with Crippen molar-refractivity contribution in [2.75, 3.05) is 6.54 Å². The molecule has 9 heteroatoms. The fraction of sp³-hybridized carbons (Fsp3) is 0.438. The number of aryl methyl sites for hydroxylation is 1. The molecule has 25 heavy (non-hydrogen) atoms. The number of rotatable bonds is 6. The smallest absolute Gasteiger partial charge is 0.326 e. The number of carboxylic acid groups (broad SMARTS) is 1. The molecule has 0 saturated carbocycles. The van der Waals surface area contributed by atoms with Gasteiger partial charge in [0.1, 0.15) is 6.04 Å². The third-order valence-corrected chi connectivity index (χ3v) is 4.05. The van der Waals surface area contributed by atoms with E-state index in [1.165, 1.54) is 4.90 Å². The van der Waals surface area contributed by atoms with E-state index in [9.17, 15) is 14.7 Å². The second kappa shape index (κ2) is 7.39. The summed E-state index contributed by atoms with van der Waals surface area (Å²) in [6, 6.07) is 2.63. The van der Waals surface area contributed by atoms with E-state index in [1.807, 2.05) is 6.07 Å². The number of carbonyl (C=O) groups is 2. The molecule has 132 valence electrons. The number of hydrogen-bond acceptors (Lipinski definition) is 7. The average molecular weight is 346 g/mol. The van der Waals surface area contributed by atoms with Gasteiger partial charge in [0.2, 0.25) is 17.6 Å². The van der Waals surface area contributed by atoms with Gasteiger partial charge in [-0.25, -0.2) is 4.79 Å². The monoisotopic (exact) mass is 346 g/mol. The minimum atomic E-state index is -1.09. The quantitative estimate of drug-likeness (QED) is 0.773. The molecule has 0 unspecified atom stereocenters. The number of aliphatic hydroxyl groups is 1. The molecule has 0 radical (unpaired) electrons. The minimum absolute atomic E-state index is 0.0571. The van der Waals surface area contributed by atoms with Crippen LogP contribution in [0.25, 0.3) is 11.4 Å². The van der Waals surface area contributed by atoms with Crippen molar-refractivity contribution in [3.05, 3.63) is 30.4 Å². The van der Waals surface area contributed by atoms with E-state index in [2.05, 4.69) is 15.1 Å². The van der Waals surface area contributed by atoms with Crippen LogP contribution in [-0.4, -0.2) is 60.8 Å². The van der Waals surface area contributed by atoms with E-state index in [0.717, 1.165) is 5.56 Å². The largest absolute Gasteiger partial charge is 0.480 e. The molecule has 3 rings (SSSR count). The molecule has 1 aliphatic rings. The first-order chi connectivity index (χ1) is 12.0. The average Bonchev–Trinajstić information content (AvgIpc) is 3.22. The number of carbonyl (C=O) groups excluding carboxylic acids is 1. The molecule has 1 amide bonds. The van der Waals surface area contributed by atoms with Crippen LogP contribution in [0.15, 0.2) is 29.0 Å². The number of likely N-dealkylation sites (tertiary alicyclic amines) is 1. The second-order valence-corrected chi connectivity index (χ2v) is 5.90. The first kappa shape index (κ1) is 17.0. The summed E-state index contributed by atoms with van der Waals surface area (Å²) in [6.45, 7) is 0.0571. The van der Waals surface area contributed by atoms with Crippen molar-refractivity contribution in [3.63, 3.8) is 0 Å². The Bertz CT molecular complexity index is 748. The van der Waals surface area contributed by atoms with Gasteiger partial charge in [-0.1, -0.05) is 5.16 Å². The lowest BCUT2D eigenvalue weighted by Gasteiger charge is -2.20. The first-order valence-electron chi connectivity index (χ1n) is 7.98. The topological polar surface area (TPSA) is 130 Å². The van der Waals surface area contributed by atoms with Crippen LogP contribution in [0.5, 0.6) is 0 Å². The number of β-amino-alcohol motifs (C(OH)–C–C–N with tert-alkyl or cyclic N) is 1. The molecule has 1 aliphatic heterocycles. The number of hydrogen-bond donors (Lipinski definition) is 2. The highest BCUT2D eigenvalue weighted by Gasteiger charge is 2.38. The third-order valence-electron chi connectivity index (χ3n) is 4.05. The summed E-state index contributed by atoms with van der Waals surface area (Å²) in [4.78, 5) is 32.8. The molecule has 2 atom stereocenters. The number of amides is 1. The van der Waals surface area contributed by atoms with Crippen molar-refractivity contribution in [3.8, 4) is 11.4 Å². The molecule has 2 aromatic rings. The molecule has 9 nitrogen and oxygen atoms in total. The van der Waals surface area contributed by atoms with Crippen molar-refractivity contribution in [2.45, 2.75) is 37.8 Å². The zero-order valence-corrected chi connectivity index (χ0v) is 13.4. The van der Waals surface area contributed by atoms with Gasteiger partial charge in [0.05, 0.1) is 6.10 Å². The standard InChI is InChI=1S/C16H18N4O5/c21-11-7-12(16(23)24)20(9-11)14(22)5-1-4-13-18-15(19-25-13)10-3-2-6-17-8-10/h2-3,6,8,11-12,21H,1,4-5,7,9H2,(H,23,24)/t11-,12+/m1/s1. The van der Waals surface area contributed by atoms with Crippen LogP contribution < -0.4 is 0 Å². The summed E-state index contributed by atoms with van der Waals surface area (Å²) in [5.74, 6) is -0.551. The Hall–Kier alpha value is -2.81. The Morgan fingerprint density at radius 3 is 2.96 bits per heavy atom. The van der Waals surface area contributed by atoms with E-state index >= 15 is 0 Å². The Labute approximate surface area is 143 Å². The van der Waals surface area contributed by atoms with Gasteiger partial charge in [0.15, 0.2) is 0 Å². The van der Waals surface area contributed by atoms with E-state index in [-0.39, 0.29) is 25.3 Å². The van der Waals surface area contributed by atoms with Crippen molar-refractivity contribution < 1.29 is 24.3 Å². The molecular weight excluding hydrogens is 328 g/mol. The fourth-order valence-electron chi connectivity index (χ4n) is 2.83. The van der Waals surface area contributed by atoms with Gasteiger partial charge in [-0.3, -0.25) is 9.78 Å². The van der Waals surface area contributed by atoms with Gasteiger partial charge < -0.3 is 19.6 Å². The molecule has 3 heterocycles. The van der Waals surface area contributed by atoms with Gasteiger partial charge >= 0.3 is 5.97 Å². The Morgan fingerprint density at radius 2 is 2.24 bits per heavy atom. The number of pyridine rings is 1. The van der Waals surface area contributed by atoms with Crippen LogP contribution in [0.1, 0.15) is 25.2 Å². The number of carboxylic acids is 1. The molecular formula is C16H18N4O5. The van der Waals surface area contributed by atoms with Crippen LogP contribution in [0.4, 0.5) is 0 Å². The van der Waals surface area contributed by atoms with Crippen molar-refractivity contribution >= 4 is 11.9 Å². The summed E-state index contributed by atoms with van der Waals surface area (Å²) < 4.78 is 5.15. The van der Waals surface area contributed by atoms with E-state index in [1.54, 1.807) is 18.5 Å². The van der Waals surface area contributed by atoms with Gasteiger partial charge in [-0.2, -0.15) is 4.98 Å². The first-order valence-corrected chi connectivity index (χ1v) is 7.98. The van der Waals surface area contributed by atoms with Crippen LogP contribution in [-0.2, 0) is 16.0 Å². The Balaban J connectivity index is 1.52. The van der Waals surface area contributed by atoms with E-state index in [4.69, 9.17) is 9.63 Å². The van der Waals surface area contributed by atoms with Crippen LogP contribution in [0.2, 0.25) is 0 Å². The van der Waals surface area contributed by atoms with E-state index in [0.29, 0.717) is 24.6 Å². The lowest BCUT2D eigenvalue weighted by Crippen LogP contribution is -2.40. The Morgan fingerprint density at radius 1 is 1.40 bits per heavy atom. The van der Waals surface area contributed by atoms with Crippen molar-refractivity contribution in [2.24, 2.45) is 0 Å². The lowest BCUT2D eigenvalue weighted by atomic mass is 10.2. The third kappa shape index (κ3) is 4.00. The SMILES string of the molecule is O=C(O)[C@@H]1C[C@@H](O)CN1C(=O)CCCc1nc(-c2cccnc2)no1. The highest BCUT2D eigenvalue weighted by molar-refractivity contribution is 5.84. The molecule has 2 N–H and O–H groups in total. The highest BCUT2D eigenvalue weighted by Crippen LogP contribution is 2.20. The normalized spacial score (nSPS) is 20.0. The minimum Gasteiger partial charge on any atom is -0.480 e. The van der Waals surface area contributed by atoms with Gasteiger partial charge in [0, 0.05) is 43.8 Å². The molecule has 1 saturated heterocycles. The maximum atomic E-state index is 12.2. The number of nitrogens with zero attached hydrogens (tertiary/aromatic N) is 4.